The Bertz CT molecular complexity index is 2590. The van der Waals surface area contributed by atoms with Gasteiger partial charge >= 0.3 is 47.5 Å². The van der Waals surface area contributed by atoms with Crippen molar-refractivity contribution >= 4 is 88.3 Å². The van der Waals surface area contributed by atoms with Gasteiger partial charge in [-0.15, -0.1) is 0 Å². The van der Waals surface area contributed by atoms with Crippen molar-refractivity contribution in [3.05, 3.63) is 89.5 Å². The molecule has 0 saturated carbocycles. The standard InChI is InChI=1S/2C16H21N5O5.C16H19N5O4.Na.H2O/c2*22-9-12(7-14(24)25)20-13(23)8-19-15(26)10-2-1-3-11(6-10)21-16-17-4-5-18-16;22-13(20-12-7-14(23)25-9-12)8-19-15(24)10-2-1-3-11(6-10)21-16-17-4-5-18-16;;/h2*1-3,6,12,22H,4-5,7-9H2,(H,19,26)(H,20,23)(H,24,25)(H2,17,18,21);1-3,6,12H,4-5,7-9H2,(H,19,24)(H,20,22)(H2,17,18,21);;1H2/q;;;+1;/p-1/t3*12-;;/m000../s1. The predicted molar refractivity (Wildman–Crippen MR) is 280 cm³/mol. The largest absolute Gasteiger partial charge is 1.00 e. The van der Waals surface area contributed by atoms with Crippen LogP contribution in [0, 0.1) is 0 Å². The third kappa shape index (κ3) is 24.2. The molecule has 0 spiro atoms. The number of nitrogens with one attached hydrogen (secondary N) is 12. The minimum Gasteiger partial charge on any atom is -0.870 e. The van der Waals surface area contributed by atoms with Crippen LogP contribution in [0.15, 0.2) is 87.8 Å². The van der Waals surface area contributed by atoms with Gasteiger partial charge in [0.2, 0.25) is 17.7 Å². The first-order valence-electron chi connectivity index (χ1n) is 24.1. The van der Waals surface area contributed by atoms with Crippen LogP contribution in [0.25, 0.3) is 0 Å². The van der Waals surface area contributed by atoms with E-state index in [1.165, 1.54) is 0 Å². The van der Waals surface area contributed by atoms with E-state index in [-0.39, 0.29) is 91.5 Å². The summed E-state index contributed by atoms with van der Waals surface area (Å²) in [7, 11) is 0. The van der Waals surface area contributed by atoms with Crippen LogP contribution < -0.4 is 93.4 Å². The summed E-state index contributed by atoms with van der Waals surface area (Å²) in [4.78, 5) is 117. The number of carboxylic acid groups (broad SMARTS) is 2. The third-order valence-corrected chi connectivity index (χ3v) is 10.7. The number of aliphatic imine (C=N–C) groups is 3. The zero-order valence-corrected chi connectivity index (χ0v) is 44.9. The maximum atomic E-state index is 12.2. The first-order chi connectivity index (χ1) is 37.0. The number of hydrogen-bond donors (Lipinski definition) is 16. The molecule has 4 heterocycles. The first kappa shape index (κ1) is 64.9. The maximum absolute atomic E-state index is 12.2. The van der Waals surface area contributed by atoms with Gasteiger partial charge in [-0.05, 0) is 54.6 Å². The van der Waals surface area contributed by atoms with E-state index in [0.29, 0.717) is 59.0 Å². The number of aliphatic carboxylic acids is 2. The third-order valence-electron chi connectivity index (χ3n) is 10.7. The molecule has 4 aliphatic rings. The Balaban J connectivity index is 0.000000308. The van der Waals surface area contributed by atoms with Crippen LogP contribution in [-0.4, -0.2) is 194 Å². The molecule has 420 valence electrons. The number of aliphatic hydroxyl groups is 2. The van der Waals surface area contributed by atoms with Crippen molar-refractivity contribution < 1.29 is 103 Å². The number of carbonyl (C=O) groups is 9. The van der Waals surface area contributed by atoms with Crippen LogP contribution in [0.2, 0.25) is 0 Å². The molecule has 0 radical (unpaired) electrons. The number of carboxylic acids is 2. The molecule has 79 heavy (non-hydrogen) atoms. The second kappa shape index (κ2) is 34.4. The fourth-order valence-corrected chi connectivity index (χ4v) is 7.04. The number of hydrogen-bond acceptors (Lipinski definition) is 22. The first-order valence-corrected chi connectivity index (χ1v) is 24.1. The summed E-state index contributed by atoms with van der Waals surface area (Å²) >= 11 is 0. The molecule has 1 saturated heterocycles. The summed E-state index contributed by atoms with van der Waals surface area (Å²) in [5.74, 6) is -3.48. The Labute approximate surface area is 473 Å². The molecule has 17 N–H and O–H groups in total. The Morgan fingerprint density at radius 1 is 0.570 bits per heavy atom. The van der Waals surface area contributed by atoms with Crippen LogP contribution in [-0.2, 0) is 33.5 Å². The number of carbonyl (C=O) groups excluding carboxylic acids is 7. The monoisotopic (exact) mass is 1110 g/mol. The van der Waals surface area contributed by atoms with E-state index in [1.54, 1.807) is 66.7 Å². The van der Waals surface area contributed by atoms with Gasteiger partial charge in [0.05, 0.1) is 89.9 Å². The van der Waals surface area contributed by atoms with E-state index in [1.807, 2.05) is 6.07 Å². The smallest absolute Gasteiger partial charge is 0.870 e. The fourth-order valence-electron chi connectivity index (χ4n) is 7.04. The van der Waals surface area contributed by atoms with Crippen LogP contribution in [0.4, 0.5) is 17.1 Å². The summed E-state index contributed by atoms with van der Waals surface area (Å²) in [5, 5.41) is 68.6. The fraction of sp³-hybridized carbons (Fsp3) is 0.375. The summed E-state index contributed by atoms with van der Waals surface area (Å²) in [5.41, 5.74) is 3.22. The minimum atomic E-state index is -1.14. The van der Waals surface area contributed by atoms with Gasteiger partial charge in [-0.3, -0.25) is 58.1 Å². The van der Waals surface area contributed by atoms with Crippen molar-refractivity contribution in [1.82, 2.24) is 47.9 Å². The number of anilines is 3. The summed E-state index contributed by atoms with van der Waals surface area (Å²) in [6.07, 6.45) is -0.644. The number of guanidine groups is 3. The molecule has 3 aromatic rings. The number of rotatable bonds is 21. The number of esters is 1. The number of amides is 6. The van der Waals surface area contributed by atoms with Gasteiger partial charge in [-0.1, -0.05) is 18.2 Å². The molecule has 0 bridgehead atoms. The summed E-state index contributed by atoms with van der Waals surface area (Å²) in [6.45, 7) is 2.73. The van der Waals surface area contributed by atoms with Crippen LogP contribution >= 0.6 is 0 Å². The zero-order chi connectivity index (χ0) is 55.5. The second-order valence-corrected chi connectivity index (χ2v) is 16.9. The molecular weight excluding hydrogens is 1050 g/mol. The molecular formula is C48H62N15NaO15. The molecule has 3 aromatic carbocycles. The van der Waals surface area contributed by atoms with Gasteiger partial charge in [0, 0.05) is 53.4 Å². The molecule has 6 amide bonds. The average molecular weight is 1110 g/mol. The van der Waals surface area contributed by atoms with E-state index < -0.39 is 73.7 Å². The Morgan fingerprint density at radius 2 is 0.924 bits per heavy atom. The van der Waals surface area contributed by atoms with Crippen LogP contribution in [0.5, 0.6) is 0 Å². The zero-order valence-electron chi connectivity index (χ0n) is 42.9. The SMILES string of the molecule is O=C(CNC(=O)c1cccc(NC2=NCCN2)c1)N[C@@H]1COC(=O)C1.O=C(O)C[C@@H](CO)NC(=O)CNC(=O)c1cccc(NC2=NCCN2)c1.O=C(O)C[C@@H](CO)NC(=O)CNC(=O)c1cccc(NC2=NCCN2)c1.[Na+].[OH-]. The molecule has 0 aromatic heterocycles. The van der Waals surface area contributed by atoms with Gasteiger partial charge in [0.15, 0.2) is 17.9 Å². The summed E-state index contributed by atoms with van der Waals surface area (Å²) < 4.78 is 4.77. The number of benzene rings is 3. The van der Waals surface area contributed by atoms with E-state index in [4.69, 9.17) is 25.2 Å². The Hall–Kier alpha value is -8.42. The van der Waals surface area contributed by atoms with Gasteiger partial charge in [-0.25, -0.2) is 0 Å². The maximum Gasteiger partial charge on any atom is 1.00 e. The predicted octanol–water partition coefficient (Wildman–Crippen LogP) is -6.48. The minimum absolute atomic E-state index is 0. The molecule has 4 aliphatic heterocycles. The van der Waals surface area contributed by atoms with E-state index in [0.717, 1.165) is 31.9 Å². The quantitative estimate of drug-likeness (QED) is 0.0348. The number of aliphatic hydroxyl groups excluding tert-OH is 2. The van der Waals surface area contributed by atoms with Crippen LogP contribution in [0.3, 0.4) is 0 Å². The molecule has 7 rings (SSSR count). The molecule has 30 nitrogen and oxygen atoms in total. The number of nitrogens with zero attached hydrogens (tertiary/aromatic N) is 3. The molecule has 0 unspecified atom stereocenters. The normalized spacial score (nSPS) is 15.1. The molecule has 1 fully saturated rings. The number of ether oxygens (including phenoxy) is 1. The van der Waals surface area contributed by atoms with Gasteiger partial charge in [0.25, 0.3) is 17.7 Å². The van der Waals surface area contributed by atoms with Crippen molar-refractivity contribution in [1.29, 1.82) is 0 Å². The number of cyclic esters (lactones) is 1. The van der Waals surface area contributed by atoms with E-state index >= 15 is 0 Å². The molecule has 3 atom stereocenters. The van der Waals surface area contributed by atoms with E-state index in [9.17, 15) is 43.2 Å². The average Bonchev–Trinajstić information content (AvgIpc) is 4.29. The van der Waals surface area contributed by atoms with Crippen LogP contribution in [0.1, 0.15) is 50.3 Å². The Kier molecular flexibility index (Phi) is 28.2. The topological polar surface area (TPSA) is 455 Å². The van der Waals surface area contributed by atoms with Crippen molar-refractivity contribution in [2.45, 2.75) is 37.4 Å². The second-order valence-electron chi connectivity index (χ2n) is 16.9. The van der Waals surface area contributed by atoms with Crippen molar-refractivity contribution in [3.63, 3.8) is 0 Å². The molecule has 31 heteroatoms. The molecule has 0 aliphatic carbocycles. The van der Waals surface area contributed by atoms with E-state index in [2.05, 4.69) is 78.8 Å². The van der Waals surface area contributed by atoms with Gasteiger partial charge in [0.1, 0.15) is 6.61 Å². The van der Waals surface area contributed by atoms with Gasteiger partial charge < -0.3 is 94.4 Å². The van der Waals surface area contributed by atoms with Crippen molar-refractivity contribution in [3.8, 4) is 0 Å². The summed E-state index contributed by atoms with van der Waals surface area (Å²) in [6, 6.07) is 18.2. The van der Waals surface area contributed by atoms with Crippen molar-refractivity contribution in [2.24, 2.45) is 15.0 Å². The van der Waals surface area contributed by atoms with Gasteiger partial charge in [-0.2, -0.15) is 0 Å². The van der Waals surface area contributed by atoms with Crippen molar-refractivity contribution in [2.75, 3.05) is 94.7 Å². The Morgan fingerprint density at radius 3 is 1.22 bits per heavy atom.